The second kappa shape index (κ2) is 5.05. The van der Waals surface area contributed by atoms with Crippen LogP contribution in [0.15, 0.2) is 16.5 Å². The molecule has 0 aromatic carbocycles. The van der Waals surface area contributed by atoms with Gasteiger partial charge in [-0.3, -0.25) is 5.10 Å². The number of nitrogens with zero attached hydrogens (tertiary/aromatic N) is 3. The fourth-order valence-electron chi connectivity index (χ4n) is 2.39. The van der Waals surface area contributed by atoms with Crippen molar-refractivity contribution in [3.05, 3.63) is 17.9 Å². The number of piperidine rings is 1. The van der Waals surface area contributed by atoms with Gasteiger partial charge in [-0.25, -0.2) is 0 Å². The van der Waals surface area contributed by atoms with Crippen LogP contribution in [-0.4, -0.2) is 34.3 Å². The number of aromatic nitrogens is 3. The first-order valence-corrected chi connectivity index (χ1v) is 6.78. The molecule has 1 atom stereocenters. The Morgan fingerprint density at radius 3 is 3.16 bits per heavy atom. The van der Waals surface area contributed by atoms with Gasteiger partial charge in [0.1, 0.15) is 5.76 Å². The van der Waals surface area contributed by atoms with E-state index in [0.717, 1.165) is 43.9 Å². The van der Waals surface area contributed by atoms with E-state index in [-0.39, 0.29) is 6.04 Å². The number of aromatic amines is 1. The number of rotatable bonds is 3. The van der Waals surface area contributed by atoms with Crippen molar-refractivity contribution in [1.82, 2.24) is 15.2 Å². The molecule has 0 aliphatic carbocycles. The fourth-order valence-corrected chi connectivity index (χ4v) is 2.39. The second-order valence-corrected chi connectivity index (χ2v) is 4.95. The molecule has 6 heteroatoms. The normalized spacial score (nSPS) is 19.9. The van der Waals surface area contributed by atoms with Gasteiger partial charge in [0.2, 0.25) is 5.95 Å². The minimum absolute atomic E-state index is 0.214. The number of nitrogens with two attached hydrogens (primary N) is 1. The van der Waals surface area contributed by atoms with Gasteiger partial charge in [0.25, 0.3) is 0 Å². The van der Waals surface area contributed by atoms with Crippen LogP contribution in [0.2, 0.25) is 0 Å². The smallest absolute Gasteiger partial charge is 0.245 e. The molecular weight excluding hydrogens is 242 g/mol. The van der Waals surface area contributed by atoms with Gasteiger partial charge < -0.3 is 15.1 Å². The Hall–Kier alpha value is -1.82. The first-order chi connectivity index (χ1) is 9.26. The zero-order valence-corrected chi connectivity index (χ0v) is 11.1. The third-order valence-corrected chi connectivity index (χ3v) is 3.46. The van der Waals surface area contributed by atoms with Crippen molar-refractivity contribution in [2.24, 2.45) is 5.73 Å². The summed E-state index contributed by atoms with van der Waals surface area (Å²) in [4.78, 5) is 6.62. The lowest BCUT2D eigenvalue weighted by Gasteiger charge is -2.29. The Balaban J connectivity index is 1.78. The van der Waals surface area contributed by atoms with Gasteiger partial charge in [-0.05, 0) is 25.0 Å². The van der Waals surface area contributed by atoms with Gasteiger partial charge in [0.15, 0.2) is 11.6 Å². The van der Waals surface area contributed by atoms with Gasteiger partial charge in [-0.15, -0.1) is 5.10 Å². The van der Waals surface area contributed by atoms with Crippen LogP contribution in [0.3, 0.4) is 0 Å². The van der Waals surface area contributed by atoms with Crippen molar-refractivity contribution in [3.63, 3.8) is 0 Å². The number of nitrogens with one attached hydrogen (secondary N) is 1. The van der Waals surface area contributed by atoms with Crippen LogP contribution in [0.5, 0.6) is 0 Å². The monoisotopic (exact) mass is 261 g/mol. The van der Waals surface area contributed by atoms with Crippen LogP contribution in [-0.2, 0) is 6.42 Å². The highest BCUT2D eigenvalue weighted by Crippen LogP contribution is 2.22. The summed E-state index contributed by atoms with van der Waals surface area (Å²) >= 11 is 0. The summed E-state index contributed by atoms with van der Waals surface area (Å²) in [5.41, 5.74) is 5.98. The van der Waals surface area contributed by atoms with Crippen LogP contribution in [0.4, 0.5) is 5.95 Å². The van der Waals surface area contributed by atoms with Gasteiger partial charge in [0.05, 0.1) is 0 Å². The molecule has 1 aliphatic rings. The molecule has 1 saturated heterocycles. The van der Waals surface area contributed by atoms with Crippen LogP contribution >= 0.6 is 0 Å². The minimum atomic E-state index is 0.214. The minimum Gasteiger partial charge on any atom is -0.458 e. The predicted molar refractivity (Wildman–Crippen MR) is 72.9 cm³/mol. The summed E-state index contributed by atoms with van der Waals surface area (Å²) in [5.74, 6) is 3.07. The lowest BCUT2D eigenvalue weighted by molar-refractivity contribution is 0.500. The fraction of sp³-hybridized carbons (Fsp3) is 0.538. The number of hydrogen-bond donors (Lipinski definition) is 2. The lowest BCUT2D eigenvalue weighted by Crippen LogP contribution is -2.43. The molecule has 1 fully saturated rings. The predicted octanol–water partition coefficient (Wildman–Crippen LogP) is 1.55. The highest BCUT2D eigenvalue weighted by atomic mass is 16.3. The molecular formula is C13H19N5O. The van der Waals surface area contributed by atoms with Gasteiger partial charge in [0, 0.05) is 25.6 Å². The van der Waals surface area contributed by atoms with Crippen molar-refractivity contribution in [1.29, 1.82) is 0 Å². The molecule has 0 spiro atoms. The first-order valence-electron chi connectivity index (χ1n) is 6.78. The van der Waals surface area contributed by atoms with E-state index in [1.54, 1.807) is 0 Å². The molecule has 0 radical (unpaired) electrons. The standard InChI is InChI=1S/C13H19N5O/c1-2-10-5-6-11(19-10)12-15-13(17-16-12)18-7-3-4-9(14)8-18/h5-6,9H,2-4,7-8,14H2,1H3,(H,15,16,17). The molecule has 1 unspecified atom stereocenters. The molecule has 0 amide bonds. The van der Waals surface area contributed by atoms with Crippen molar-refractivity contribution in [3.8, 4) is 11.6 Å². The maximum Gasteiger partial charge on any atom is 0.245 e. The average molecular weight is 261 g/mol. The van der Waals surface area contributed by atoms with E-state index in [4.69, 9.17) is 10.2 Å². The Bertz CT molecular complexity index is 547. The van der Waals surface area contributed by atoms with E-state index in [2.05, 4.69) is 27.0 Å². The van der Waals surface area contributed by atoms with Crippen LogP contribution < -0.4 is 10.6 Å². The molecule has 102 valence electrons. The number of hydrogen-bond acceptors (Lipinski definition) is 5. The zero-order chi connectivity index (χ0) is 13.2. The lowest BCUT2D eigenvalue weighted by atomic mass is 10.1. The number of furan rings is 1. The molecule has 3 heterocycles. The van der Waals surface area contributed by atoms with Crippen LogP contribution in [0.25, 0.3) is 11.6 Å². The van der Waals surface area contributed by atoms with Gasteiger partial charge >= 0.3 is 0 Å². The second-order valence-electron chi connectivity index (χ2n) is 4.95. The van der Waals surface area contributed by atoms with Crippen LogP contribution in [0, 0.1) is 0 Å². The molecule has 3 rings (SSSR count). The first kappa shape index (κ1) is 12.2. The van der Waals surface area contributed by atoms with Crippen LogP contribution in [0.1, 0.15) is 25.5 Å². The number of aryl methyl sites for hydroxylation is 1. The maximum absolute atomic E-state index is 5.98. The quantitative estimate of drug-likeness (QED) is 0.875. The Labute approximate surface area is 112 Å². The Morgan fingerprint density at radius 1 is 1.53 bits per heavy atom. The van der Waals surface area contributed by atoms with E-state index in [9.17, 15) is 0 Å². The molecule has 2 aromatic rings. The van der Waals surface area contributed by atoms with Gasteiger partial charge in [-0.2, -0.15) is 4.98 Å². The summed E-state index contributed by atoms with van der Waals surface area (Å²) in [5, 5.41) is 7.19. The highest BCUT2D eigenvalue weighted by Gasteiger charge is 2.20. The van der Waals surface area contributed by atoms with E-state index in [1.165, 1.54) is 0 Å². The molecule has 19 heavy (non-hydrogen) atoms. The molecule has 1 aliphatic heterocycles. The summed E-state index contributed by atoms with van der Waals surface area (Å²) in [6.07, 6.45) is 3.04. The topological polar surface area (TPSA) is 84.0 Å². The molecule has 3 N–H and O–H groups in total. The average Bonchev–Trinajstić information content (AvgIpc) is 3.07. The molecule has 6 nitrogen and oxygen atoms in total. The maximum atomic E-state index is 5.98. The van der Waals surface area contributed by atoms with E-state index >= 15 is 0 Å². The van der Waals surface area contributed by atoms with Crippen molar-refractivity contribution in [2.75, 3.05) is 18.0 Å². The Kier molecular flexibility index (Phi) is 3.25. The summed E-state index contributed by atoms with van der Waals surface area (Å²) < 4.78 is 5.66. The number of H-pyrrole nitrogens is 1. The van der Waals surface area contributed by atoms with E-state index in [0.29, 0.717) is 11.8 Å². The van der Waals surface area contributed by atoms with Crippen molar-refractivity contribution in [2.45, 2.75) is 32.2 Å². The van der Waals surface area contributed by atoms with Crippen molar-refractivity contribution >= 4 is 5.95 Å². The molecule has 0 bridgehead atoms. The SMILES string of the molecule is CCc1ccc(-c2nc(N3CCCC(N)C3)n[nH]2)o1. The third-order valence-electron chi connectivity index (χ3n) is 3.46. The Morgan fingerprint density at radius 2 is 2.42 bits per heavy atom. The largest absolute Gasteiger partial charge is 0.458 e. The van der Waals surface area contributed by atoms with Gasteiger partial charge in [-0.1, -0.05) is 6.92 Å². The third kappa shape index (κ3) is 2.49. The number of anilines is 1. The summed E-state index contributed by atoms with van der Waals surface area (Å²) in [7, 11) is 0. The molecule has 0 saturated carbocycles. The molecule has 2 aromatic heterocycles. The van der Waals surface area contributed by atoms with E-state index in [1.807, 2.05) is 12.1 Å². The summed E-state index contributed by atoms with van der Waals surface area (Å²) in [6, 6.07) is 4.10. The van der Waals surface area contributed by atoms with E-state index < -0.39 is 0 Å². The highest BCUT2D eigenvalue weighted by molar-refractivity contribution is 5.49. The summed E-state index contributed by atoms with van der Waals surface area (Å²) in [6.45, 7) is 3.84. The van der Waals surface area contributed by atoms with Crippen molar-refractivity contribution < 1.29 is 4.42 Å². The zero-order valence-electron chi connectivity index (χ0n) is 11.1.